The van der Waals surface area contributed by atoms with E-state index in [0.717, 1.165) is 5.56 Å². The van der Waals surface area contributed by atoms with Gasteiger partial charge in [0.1, 0.15) is 5.82 Å². The van der Waals surface area contributed by atoms with Gasteiger partial charge < -0.3 is 5.32 Å². The molecule has 2 nitrogen and oxygen atoms in total. The van der Waals surface area contributed by atoms with E-state index in [1.54, 1.807) is 12.1 Å². The highest BCUT2D eigenvalue weighted by Gasteiger charge is 2.15. The highest BCUT2D eigenvalue weighted by molar-refractivity contribution is 9.10. The van der Waals surface area contributed by atoms with Crippen molar-refractivity contribution >= 4 is 33.4 Å². The number of hydrogen-bond donors (Lipinski definition) is 1. The Kier molecular flexibility index (Phi) is 4.78. The number of benzene rings is 2. The van der Waals surface area contributed by atoms with Gasteiger partial charge in [0, 0.05) is 9.50 Å². The molecule has 20 heavy (non-hydrogen) atoms. The molecule has 0 aliphatic heterocycles. The van der Waals surface area contributed by atoms with Crippen molar-refractivity contribution in [2.45, 2.75) is 13.0 Å². The van der Waals surface area contributed by atoms with Crippen molar-refractivity contribution in [3.63, 3.8) is 0 Å². The lowest BCUT2D eigenvalue weighted by Gasteiger charge is -2.15. The van der Waals surface area contributed by atoms with Gasteiger partial charge >= 0.3 is 0 Å². The molecule has 0 aromatic heterocycles. The van der Waals surface area contributed by atoms with Crippen molar-refractivity contribution in [1.82, 2.24) is 5.32 Å². The average Bonchev–Trinajstić information content (AvgIpc) is 2.41. The Morgan fingerprint density at radius 3 is 2.75 bits per heavy atom. The molecule has 1 atom stereocenters. The van der Waals surface area contributed by atoms with Gasteiger partial charge in [-0.1, -0.05) is 23.7 Å². The maximum Gasteiger partial charge on any atom is 0.253 e. The first-order chi connectivity index (χ1) is 9.47. The maximum atomic E-state index is 13.2. The second-order valence-corrected chi connectivity index (χ2v) is 5.67. The van der Waals surface area contributed by atoms with Crippen molar-refractivity contribution in [2.75, 3.05) is 0 Å². The lowest BCUT2D eigenvalue weighted by molar-refractivity contribution is 0.0938. The molecule has 0 saturated heterocycles. The summed E-state index contributed by atoms with van der Waals surface area (Å²) < 4.78 is 13.8. The lowest BCUT2D eigenvalue weighted by atomic mass is 10.1. The third-order valence-corrected chi connectivity index (χ3v) is 3.80. The minimum absolute atomic E-state index is 0.226. The van der Waals surface area contributed by atoms with E-state index in [9.17, 15) is 9.18 Å². The lowest BCUT2D eigenvalue weighted by Crippen LogP contribution is -2.27. The Labute approximate surface area is 130 Å². The van der Waals surface area contributed by atoms with Crippen LogP contribution in [0.15, 0.2) is 46.9 Å². The molecule has 104 valence electrons. The van der Waals surface area contributed by atoms with Crippen LogP contribution in [0.25, 0.3) is 0 Å². The highest BCUT2D eigenvalue weighted by atomic mass is 79.9. The number of hydrogen-bond acceptors (Lipinski definition) is 1. The summed E-state index contributed by atoms with van der Waals surface area (Å²) in [6.07, 6.45) is 0. The highest BCUT2D eigenvalue weighted by Crippen LogP contribution is 2.21. The summed E-state index contributed by atoms with van der Waals surface area (Å²) in [5.74, 6) is -0.794. The Morgan fingerprint density at radius 1 is 1.30 bits per heavy atom. The molecular weight excluding hydrogens is 345 g/mol. The smallest absolute Gasteiger partial charge is 0.253 e. The molecular formula is C15H12BrClFNO. The zero-order chi connectivity index (χ0) is 14.7. The molecule has 5 heteroatoms. The van der Waals surface area contributed by atoms with Crippen molar-refractivity contribution in [3.05, 3.63) is 68.9 Å². The van der Waals surface area contributed by atoms with E-state index in [2.05, 4.69) is 21.2 Å². The first kappa shape index (κ1) is 15.0. The Balaban J connectivity index is 2.17. The fourth-order valence-electron chi connectivity index (χ4n) is 1.81. The molecule has 2 rings (SSSR count). The number of carbonyl (C=O) groups excluding carboxylic acids is 1. The second kappa shape index (κ2) is 6.37. The molecule has 2 aromatic carbocycles. The predicted molar refractivity (Wildman–Crippen MR) is 81.4 cm³/mol. The third kappa shape index (κ3) is 3.58. The SMILES string of the molecule is CC(NC(=O)c1cc(F)ccc1Br)c1cccc(Cl)c1. The third-order valence-electron chi connectivity index (χ3n) is 2.87. The molecule has 1 unspecified atom stereocenters. The number of nitrogens with one attached hydrogen (secondary N) is 1. The number of halogens is 3. The van der Waals surface area contributed by atoms with E-state index in [1.165, 1.54) is 18.2 Å². The molecule has 0 spiro atoms. The van der Waals surface area contributed by atoms with Crippen LogP contribution >= 0.6 is 27.5 Å². The Morgan fingerprint density at radius 2 is 2.05 bits per heavy atom. The zero-order valence-electron chi connectivity index (χ0n) is 10.7. The van der Waals surface area contributed by atoms with Gasteiger partial charge in [-0.25, -0.2) is 4.39 Å². The van der Waals surface area contributed by atoms with Crippen LogP contribution in [-0.4, -0.2) is 5.91 Å². The van der Waals surface area contributed by atoms with E-state index >= 15 is 0 Å². The zero-order valence-corrected chi connectivity index (χ0v) is 13.0. The summed E-state index contributed by atoms with van der Waals surface area (Å²) >= 11 is 9.16. The monoisotopic (exact) mass is 355 g/mol. The van der Waals surface area contributed by atoms with E-state index in [4.69, 9.17) is 11.6 Å². The summed E-state index contributed by atoms with van der Waals surface area (Å²) in [5.41, 5.74) is 1.15. The van der Waals surface area contributed by atoms with Gasteiger partial charge in [-0.05, 0) is 58.7 Å². The first-order valence-corrected chi connectivity index (χ1v) is 7.16. The maximum absolute atomic E-state index is 13.2. The minimum atomic E-state index is -0.450. The topological polar surface area (TPSA) is 29.1 Å². The van der Waals surface area contributed by atoms with Gasteiger partial charge in [0.05, 0.1) is 11.6 Å². The summed E-state index contributed by atoms with van der Waals surface area (Å²) in [6.45, 7) is 1.84. The molecule has 0 heterocycles. The average molecular weight is 357 g/mol. The van der Waals surface area contributed by atoms with Crippen molar-refractivity contribution in [1.29, 1.82) is 0 Å². The second-order valence-electron chi connectivity index (χ2n) is 4.37. The summed E-state index contributed by atoms with van der Waals surface area (Å²) in [5, 5.41) is 3.42. The Hall–Kier alpha value is -1.39. The summed E-state index contributed by atoms with van der Waals surface area (Å²) in [6, 6.07) is 11.0. The van der Waals surface area contributed by atoms with Crippen LogP contribution in [0.3, 0.4) is 0 Å². The van der Waals surface area contributed by atoms with Gasteiger partial charge in [-0.3, -0.25) is 4.79 Å². The van der Waals surface area contributed by atoms with Gasteiger partial charge in [-0.15, -0.1) is 0 Å². The minimum Gasteiger partial charge on any atom is -0.345 e. The predicted octanol–water partition coefficient (Wildman–Crippen LogP) is 4.73. The van der Waals surface area contributed by atoms with Crippen LogP contribution in [0.2, 0.25) is 5.02 Å². The number of carbonyl (C=O) groups is 1. The van der Waals surface area contributed by atoms with E-state index < -0.39 is 5.82 Å². The van der Waals surface area contributed by atoms with Gasteiger partial charge in [0.25, 0.3) is 5.91 Å². The van der Waals surface area contributed by atoms with E-state index in [-0.39, 0.29) is 17.5 Å². The van der Waals surface area contributed by atoms with Gasteiger partial charge in [0.15, 0.2) is 0 Å². The first-order valence-electron chi connectivity index (χ1n) is 5.99. The standard InChI is InChI=1S/C15H12BrClFNO/c1-9(10-3-2-4-11(17)7-10)19-15(20)13-8-12(18)5-6-14(13)16/h2-9H,1H3,(H,19,20). The van der Waals surface area contributed by atoms with Crippen molar-refractivity contribution < 1.29 is 9.18 Å². The molecule has 1 amide bonds. The van der Waals surface area contributed by atoms with Crippen LogP contribution < -0.4 is 5.32 Å². The molecule has 2 aromatic rings. The van der Waals surface area contributed by atoms with Crippen LogP contribution in [0.1, 0.15) is 28.9 Å². The Bertz CT molecular complexity index is 648. The van der Waals surface area contributed by atoms with E-state index in [1.807, 2.05) is 19.1 Å². The molecule has 0 saturated carbocycles. The van der Waals surface area contributed by atoms with Crippen LogP contribution in [0.5, 0.6) is 0 Å². The largest absolute Gasteiger partial charge is 0.345 e. The van der Waals surface area contributed by atoms with Gasteiger partial charge in [0.2, 0.25) is 0 Å². The number of amides is 1. The molecule has 0 aliphatic rings. The fourth-order valence-corrected chi connectivity index (χ4v) is 2.43. The summed E-state index contributed by atoms with van der Waals surface area (Å²) in [4.78, 5) is 12.1. The van der Waals surface area contributed by atoms with Crippen LogP contribution in [0.4, 0.5) is 4.39 Å². The van der Waals surface area contributed by atoms with Crippen molar-refractivity contribution in [3.8, 4) is 0 Å². The fraction of sp³-hybridized carbons (Fsp3) is 0.133. The molecule has 0 aliphatic carbocycles. The number of rotatable bonds is 3. The van der Waals surface area contributed by atoms with Crippen molar-refractivity contribution in [2.24, 2.45) is 0 Å². The molecule has 0 bridgehead atoms. The normalized spacial score (nSPS) is 12.0. The summed E-state index contributed by atoms with van der Waals surface area (Å²) in [7, 11) is 0. The molecule has 0 radical (unpaired) electrons. The molecule has 1 N–H and O–H groups in total. The van der Waals surface area contributed by atoms with E-state index in [0.29, 0.717) is 9.50 Å². The quantitative estimate of drug-likeness (QED) is 0.846. The van der Waals surface area contributed by atoms with Crippen LogP contribution in [-0.2, 0) is 0 Å². The van der Waals surface area contributed by atoms with Gasteiger partial charge in [-0.2, -0.15) is 0 Å². The van der Waals surface area contributed by atoms with Crippen LogP contribution in [0, 0.1) is 5.82 Å². The molecule has 0 fully saturated rings.